The maximum absolute atomic E-state index is 4.41. The van der Waals surface area contributed by atoms with Gasteiger partial charge in [-0.15, -0.1) is 0 Å². The van der Waals surface area contributed by atoms with Crippen LogP contribution in [-0.2, 0) is 13.5 Å². The van der Waals surface area contributed by atoms with Crippen molar-refractivity contribution in [2.45, 2.75) is 33.6 Å². The van der Waals surface area contributed by atoms with Crippen LogP contribution in [0.1, 0.15) is 31.7 Å². The van der Waals surface area contributed by atoms with Crippen molar-refractivity contribution in [2.24, 2.45) is 13.0 Å². The molecule has 0 aromatic carbocycles. The fraction of sp³-hybridized carbons (Fsp3) is 0.750. The molecule has 0 saturated carbocycles. The van der Waals surface area contributed by atoms with Gasteiger partial charge in [0.2, 0.25) is 0 Å². The first-order valence-corrected chi connectivity index (χ1v) is 6.74. The minimum absolute atomic E-state index is 0.637. The molecule has 1 aromatic rings. The van der Waals surface area contributed by atoms with E-state index in [4.69, 9.17) is 0 Å². The highest BCUT2D eigenvalue weighted by molar-refractivity contribution is 9.10. The summed E-state index contributed by atoms with van der Waals surface area (Å²) in [6.07, 6.45) is 2.26. The zero-order valence-corrected chi connectivity index (χ0v) is 12.3. The molecule has 1 atom stereocenters. The molecule has 92 valence electrons. The molecule has 0 spiro atoms. The van der Waals surface area contributed by atoms with Gasteiger partial charge in [0.1, 0.15) is 0 Å². The van der Waals surface area contributed by atoms with E-state index in [0.717, 1.165) is 29.7 Å². The Bertz CT molecular complexity index is 333. The van der Waals surface area contributed by atoms with Crippen LogP contribution in [0.2, 0.25) is 0 Å². The summed E-state index contributed by atoms with van der Waals surface area (Å²) in [7, 11) is 2.01. The van der Waals surface area contributed by atoms with Gasteiger partial charge < -0.3 is 5.32 Å². The monoisotopic (exact) mass is 287 g/mol. The van der Waals surface area contributed by atoms with Crippen LogP contribution in [0.4, 0.5) is 0 Å². The van der Waals surface area contributed by atoms with Gasteiger partial charge in [-0.3, -0.25) is 4.68 Å². The van der Waals surface area contributed by atoms with Gasteiger partial charge in [0.25, 0.3) is 0 Å². The molecule has 0 aliphatic rings. The third-order valence-corrected chi connectivity index (χ3v) is 3.75. The molecule has 3 nitrogen and oxygen atoms in total. The number of hydrogen-bond acceptors (Lipinski definition) is 2. The molecule has 1 heterocycles. The largest absolute Gasteiger partial charge is 0.316 e. The van der Waals surface area contributed by atoms with E-state index >= 15 is 0 Å². The fourth-order valence-electron chi connectivity index (χ4n) is 1.83. The molecular formula is C12H22BrN3. The number of aromatic nitrogens is 2. The number of rotatable bonds is 6. The number of nitrogens with one attached hydrogen (secondary N) is 1. The summed E-state index contributed by atoms with van der Waals surface area (Å²) in [5.41, 5.74) is 2.37. The van der Waals surface area contributed by atoms with Crippen LogP contribution in [-0.4, -0.2) is 22.9 Å². The van der Waals surface area contributed by atoms with Crippen molar-refractivity contribution < 1.29 is 0 Å². The number of halogens is 1. The maximum Gasteiger partial charge on any atom is 0.0738 e. The highest BCUT2D eigenvalue weighted by Crippen LogP contribution is 2.22. The lowest BCUT2D eigenvalue weighted by Crippen LogP contribution is -2.23. The average molecular weight is 288 g/mol. The van der Waals surface area contributed by atoms with E-state index in [1.54, 1.807) is 0 Å². The zero-order chi connectivity index (χ0) is 12.1. The molecule has 0 amide bonds. The Morgan fingerprint density at radius 3 is 2.69 bits per heavy atom. The molecule has 0 aliphatic heterocycles. The Hall–Kier alpha value is -0.350. The van der Waals surface area contributed by atoms with Crippen molar-refractivity contribution in [1.29, 1.82) is 0 Å². The quantitative estimate of drug-likeness (QED) is 0.816. The molecule has 16 heavy (non-hydrogen) atoms. The topological polar surface area (TPSA) is 29.9 Å². The molecule has 1 aromatic heterocycles. The van der Waals surface area contributed by atoms with Gasteiger partial charge in [0, 0.05) is 7.05 Å². The number of hydrogen-bond donors (Lipinski definition) is 1. The van der Waals surface area contributed by atoms with Crippen LogP contribution in [0, 0.1) is 12.8 Å². The number of nitrogens with zero attached hydrogens (tertiary/aromatic N) is 2. The molecule has 1 unspecified atom stereocenters. The van der Waals surface area contributed by atoms with Gasteiger partial charge in [-0.1, -0.05) is 13.8 Å². The minimum Gasteiger partial charge on any atom is -0.316 e. The molecule has 1 N–H and O–H groups in total. The Kier molecular flexibility index (Phi) is 5.49. The lowest BCUT2D eigenvalue weighted by atomic mass is 10.1. The first kappa shape index (κ1) is 13.7. The highest BCUT2D eigenvalue weighted by atomic mass is 79.9. The van der Waals surface area contributed by atoms with Crippen molar-refractivity contribution in [1.82, 2.24) is 15.1 Å². The second-order valence-electron chi connectivity index (χ2n) is 4.48. The second-order valence-corrected chi connectivity index (χ2v) is 5.28. The summed E-state index contributed by atoms with van der Waals surface area (Å²) >= 11 is 3.61. The lowest BCUT2D eigenvalue weighted by Gasteiger charge is -2.12. The molecule has 0 fully saturated rings. The Morgan fingerprint density at radius 1 is 1.50 bits per heavy atom. The normalized spacial score (nSPS) is 13.1. The SMILES string of the molecule is CCCNCC(C)Cc1c(Br)c(C)nn1C. The van der Waals surface area contributed by atoms with E-state index in [2.05, 4.69) is 40.2 Å². The Morgan fingerprint density at radius 2 is 2.19 bits per heavy atom. The molecule has 1 rings (SSSR count). The molecule has 0 saturated heterocycles. The van der Waals surface area contributed by atoms with Gasteiger partial charge in [-0.2, -0.15) is 5.10 Å². The van der Waals surface area contributed by atoms with Crippen LogP contribution in [0.3, 0.4) is 0 Å². The first-order chi connectivity index (χ1) is 7.56. The molecule has 0 radical (unpaired) electrons. The average Bonchev–Trinajstić information content (AvgIpc) is 2.46. The standard InChI is InChI=1S/C12H22BrN3/c1-5-6-14-8-9(2)7-11-12(13)10(3)15-16(11)4/h9,14H,5-8H2,1-4H3. The van der Waals surface area contributed by atoms with Gasteiger partial charge in [0.15, 0.2) is 0 Å². The third kappa shape index (κ3) is 3.59. The van der Waals surface area contributed by atoms with Gasteiger partial charge >= 0.3 is 0 Å². The molecule has 0 bridgehead atoms. The Balaban J connectivity index is 2.52. The molecule has 0 aliphatic carbocycles. The van der Waals surface area contributed by atoms with E-state index in [1.165, 1.54) is 12.1 Å². The summed E-state index contributed by atoms with van der Waals surface area (Å²) in [6.45, 7) is 8.68. The lowest BCUT2D eigenvalue weighted by molar-refractivity contribution is 0.494. The third-order valence-electron chi connectivity index (χ3n) is 2.72. The summed E-state index contributed by atoms with van der Waals surface area (Å²) in [6, 6.07) is 0. The van der Waals surface area contributed by atoms with Crippen LogP contribution < -0.4 is 5.32 Å². The smallest absolute Gasteiger partial charge is 0.0738 e. The van der Waals surface area contributed by atoms with Crippen molar-refractivity contribution in [3.05, 3.63) is 15.9 Å². The van der Waals surface area contributed by atoms with E-state index in [1.807, 2.05) is 18.7 Å². The van der Waals surface area contributed by atoms with E-state index in [9.17, 15) is 0 Å². The maximum atomic E-state index is 4.41. The van der Waals surface area contributed by atoms with E-state index in [0.29, 0.717) is 5.92 Å². The summed E-state index contributed by atoms with van der Waals surface area (Å²) in [5, 5.41) is 7.87. The van der Waals surface area contributed by atoms with Crippen molar-refractivity contribution in [3.8, 4) is 0 Å². The summed E-state index contributed by atoms with van der Waals surface area (Å²) < 4.78 is 3.15. The molecular weight excluding hydrogens is 266 g/mol. The first-order valence-electron chi connectivity index (χ1n) is 5.95. The van der Waals surface area contributed by atoms with Crippen LogP contribution in [0.25, 0.3) is 0 Å². The Labute approximate surface area is 107 Å². The zero-order valence-electron chi connectivity index (χ0n) is 10.7. The van der Waals surface area contributed by atoms with Gasteiger partial charge in [0.05, 0.1) is 15.9 Å². The predicted molar refractivity (Wildman–Crippen MR) is 71.7 cm³/mol. The highest BCUT2D eigenvalue weighted by Gasteiger charge is 2.13. The van der Waals surface area contributed by atoms with Crippen molar-refractivity contribution >= 4 is 15.9 Å². The van der Waals surface area contributed by atoms with Crippen molar-refractivity contribution in [2.75, 3.05) is 13.1 Å². The van der Waals surface area contributed by atoms with Crippen LogP contribution in [0.5, 0.6) is 0 Å². The molecule has 4 heteroatoms. The van der Waals surface area contributed by atoms with Gasteiger partial charge in [-0.05, 0) is 54.7 Å². The second kappa shape index (κ2) is 6.40. The summed E-state index contributed by atoms with van der Waals surface area (Å²) in [4.78, 5) is 0. The number of aryl methyl sites for hydroxylation is 2. The predicted octanol–water partition coefficient (Wildman–Crippen LogP) is 2.67. The van der Waals surface area contributed by atoms with Gasteiger partial charge in [-0.25, -0.2) is 0 Å². The van der Waals surface area contributed by atoms with E-state index in [-0.39, 0.29) is 0 Å². The van der Waals surface area contributed by atoms with Crippen molar-refractivity contribution in [3.63, 3.8) is 0 Å². The van der Waals surface area contributed by atoms with Crippen LogP contribution >= 0.6 is 15.9 Å². The van der Waals surface area contributed by atoms with Crippen LogP contribution in [0.15, 0.2) is 4.47 Å². The minimum atomic E-state index is 0.637. The van der Waals surface area contributed by atoms with E-state index < -0.39 is 0 Å². The summed E-state index contributed by atoms with van der Waals surface area (Å²) in [5.74, 6) is 0.637. The fourth-order valence-corrected chi connectivity index (χ4v) is 2.33.